The van der Waals surface area contributed by atoms with Gasteiger partial charge in [-0.3, -0.25) is 14.6 Å². The molecule has 1 saturated heterocycles. The average molecular weight is 410 g/mol. The Morgan fingerprint density at radius 2 is 1.79 bits per heavy atom. The minimum atomic E-state index is 0. The normalized spacial score (nSPS) is 34.2. The Hall–Kier alpha value is -1.18. The second kappa shape index (κ2) is 7.92. The lowest BCUT2D eigenvalue weighted by molar-refractivity contribution is -0.116. The van der Waals surface area contributed by atoms with Gasteiger partial charge in [-0.05, 0) is 56.3 Å². The summed E-state index contributed by atoms with van der Waals surface area (Å²) in [5.74, 6) is 3.37. The van der Waals surface area contributed by atoms with E-state index in [1.54, 1.807) is 11.8 Å². The number of anilines is 1. The molecule has 156 valence electrons. The Balaban J connectivity index is 0.00000192. The van der Waals surface area contributed by atoms with Gasteiger partial charge < -0.3 is 4.74 Å². The van der Waals surface area contributed by atoms with Gasteiger partial charge >= 0.3 is 0 Å². The monoisotopic (exact) mass is 409 g/mol. The number of amides is 1. The quantitative estimate of drug-likeness (QED) is 0.746. The van der Waals surface area contributed by atoms with Crippen molar-refractivity contribution in [3.05, 3.63) is 6.20 Å². The lowest BCUT2D eigenvalue weighted by atomic mass is 9.53. The van der Waals surface area contributed by atoms with E-state index in [9.17, 15) is 4.79 Å². The molecule has 7 nitrogen and oxygen atoms in total. The molecule has 28 heavy (non-hydrogen) atoms. The van der Waals surface area contributed by atoms with E-state index >= 15 is 0 Å². The summed E-state index contributed by atoms with van der Waals surface area (Å²) < 4.78 is 7.55. The predicted molar refractivity (Wildman–Crippen MR) is 109 cm³/mol. The van der Waals surface area contributed by atoms with Crippen LogP contribution >= 0.6 is 12.4 Å². The van der Waals surface area contributed by atoms with Gasteiger partial charge in [-0.15, -0.1) is 17.5 Å². The molecule has 2 heterocycles. The summed E-state index contributed by atoms with van der Waals surface area (Å²) in [7, 11) is 0. The molecule has 0 radical (unpaired) electrons. The molecule has 1 aromatic rings. The van der Waals surface area contributed by atoms with Crippen molar-refractivity contribution < 1.29 is 9.53 Å². The van der Waals surface area contributed by atoms with Crippen LogP contribution in [0.25, 0.3) is 0 Å². The Morgan fingerprint density at radius 1 is 1.18 bits per heavy atom. The first kappa shape index (κ1) is 20.1. The molecular weight excluding hydrogens is 378 g/mol. The van der Waals surface area contributed by atoms with Crippen LogP contribution in [-0.2, 0) is 15.1 Å². The molecule has 1 aliphatic heterocycles. The fraction of sp³-hybridized carbons (Fsp3) is 0.850. The van der Waals surface area contributed by atoms with Crippen molar-refractivity contribution in [2.45, 2.75) is 51.0 Å². The van der Waals surface area contributed by atoms with Crippen molar-refractivity contribution in [1.82, 2.24) is 19.9 Å². The molecule has 0 unspecified atom stereocenters. The van der Waals surface area contributed by atoms with Gasteiger partial charge in [-0.1, -0.05) is 5.21 Å². The summed E-state index contributed by atoms with van der Waals surface area (Å²) in [6, 6.07) is 0. The first-order valence-electron chi connectivity index (χ1n) is 10.6. The molecule has 0 N–H and O–H groups in total. The third kappa shape index (κ3) is 3.68. The topological polar surface area (TPSA) is 63.5 Å². The van der Waals surface area contributed by atoms with Crippen LogP contribution < -0.4 is 4.90 Å². The number of hydrogen-bond acceptors (Lipinski definition) is 5. The lowest BCUT2D eigenvalue weighted by Crippen LogP contribution is -2.52. The van der Waals surface area contributed by atoms with Crippen molar-refractivity contribution in [3.8, 4) is 0 Å². The van der Waals surface area contributed by atoms with Crippen LogP contribution in [0.4, 0.5) is 5.82 Å². The van der Waals surface area contributed by atoms with E-state index in [0.29, 0.717) is 12.4 Å². The van der Waals surface area contributed by atoms with Crippen molar-refractivity contribution >= 4 is 24.1 Å². The summed E-state index contributed by atoms with van der Waals surface area (Å²) >= 11 is 0. The van der Waals surface area contributed by atoms with E-state index in [0.717, 1.165) is 50.6 Å². The zero-order valence-electron chi connectivity index (χ0n) is 16.8. The summed E-state index contributed by atoms with van der Waals surface area (Å²) in [5, 5.41) is 8.98. The third-order valence-corrected chi connectivity index (χ3v) is 7.37. The highest BCUT2D eigenvalue weighted by molar-refractivity contribution is 5.90. The van der Waals surface area contributed by atoms with Gasteiger partial charge in [0.15, 0.2) is 5.82 Å². The average Bonchev–Trinajstić information content (AvgIpc) is 3.12. The summed E-state index contributed by atoms with van der Waals surface area (Å²) in [6.07, 6.45) is 10.0. The standard InChI is InChI=1S/C20H31N5O2.ClH/c1-15(26)24(3-2-23-4-6-27-7-5-23)19-14-25(22-21-19)20-11-16-8-17(12-20)10-18(9-16)13-20;/h14,16-18H,2-13H2,1H3;1H. The van der Waals surface area contributed by atoms with Crippen LogP contribution in [0.2, 0.25) is 0 Å². The lowest BCUT2D eigenvalue weighted by Gasteiger charge is -2.56. The van der Waals surface area contributed by atoms with Crippen LogP contribution in [0.15, 0.2) is 6.20 Å². The highest BCUT2D eigenvalue weighted by Gasteiger charge is 2.52. The van der Waals surface area contributed by atoms with Crippen LogP contribution in [-0.4, -0.2) is 65.2 Å². The zero-order valence-corrected chi connectivity index (χ0v) is 17.6. The Morgan fingerprint density at radius 3 is 2.36 bits per heavy atom. The second-order valence-electron chi connectivity index (χ2n) is 9.29. The molecular formula is C20H32ClN5O2. The van der Waals surface area contributed by atoms with Gasteiger partial charge in [-0.25, -0.2) is 4.68 Å². The van der Waals surface area contributed by atoms with Gasteiger partial charge in [-0.2, -0.15) is 0 Å². The van der Waals surface area contributed by atoms with E-state index in [2.05, 4.69) is 19.9 Å². The minimum absolute atomic E-state index is 0. The second-order valence-corrected chi connectivity index (χ2v) is 9.29. The number of rotatable bonds is 5. The third-order valence-electron chi connectivity index (χ3n) is 7.37. The molecule has 0 spiro atoms. The molecule has 4 aliphatic carbocycles. The molecule has 4 saturated carbocycles. The van der Waals surface area contributed by atoms with Crippen molar-refractivity contribution in [3.63, 3.8) is 0 Å². The first-order chi connectivity index (χ1) is 13.1. The maximum absolute atomic E-state index is 12.3. The molecule has 6 rings (SSSR count). The van der Waals surface area contributed by atoms with Crippen LogP contribution in [0.1, 0.15) is 45.4 Å². The summed E-state index contributed by atoms with van der Waals surface area (Å²) in [6.45, 7) is 6.58. The predicted octanol–water partition coefficient (Wildman–Crippen LogP) is 2.31. The van der Waals surface area contributed by atoms with Crippen molar-refractivity contribution in [2.24, 2.45) is 17.8 Å². The van der Waals surface area contributed by atoms with Crippen LogP contribution in [0.5, 0.6) is 0 Å². The Kier molecular flexibility index (Phi) is 5.69. The molecule has 0 aromatic carbocycles. The summed E-state index contributed by atoms with van der Waals surface area (Å²) in [5.41, 5.74) is 0.159. The van der Waals surface area contributed by atoms with Gasteiger partial charge in [0, 0.05) is 33.1 Å². The van der Waals surface area contributed by atoms with E-state index in [1.165, 1.54) is 38.5 Å². The van der Waals surface area contributed by atoms with Gasteiger partial charge in [0.1, 0.15) is 0 Å². The van der Waals surface area contributed by atoms with Gasteiger partial charge in [0.2, 0.25) is 5.91 Å². The number of carbonyl (C=O) groups excluding carboxylic acids is 1. The number of aromatic nitrogens is 3. The highest BCUT2D eigenvalue weighted by Crippen LogP contribution is 2.58. The van der Waals surface area contributed by atoms with E-state index in [-0.39, 0.29) is 23.9 Å². The number of nitrogens with zero attached hydrogens (tertiary/aromatic N) is 5. The SMILES string of the molecule is CC(=O)N(CCN1CCOCC1)c1cn(C23CC4CC(CC(C4)C2)C3)nn1.Cl. The fourth-order valence-electron chi connectivity index (χ4n) is 6.46. The number of carbonyl (C=O) groups is 1. The van der Waals surface area contributed by atoms with Crippen LogP contribution in [0, 0.1) is 17.8 Å². The Bertz CT molecular complexity index is 667. The number of hydrogen-bond donors (Lipinski definition) is 0. The van der Waals surface area contributed by atoms with Crippen LogP contribution in [0.3, 0.4) is 0 Å². The van der Waals surface area contributed by atoms with E-state index < -0.39 is 0 Å². The van der Waals surface area contributed by atoms with Gasteiger partial charge in [0.25, 0.3) is 0 Å². The fourth-order valence-corrected chi connectivity index (χ4v) is 6.46. The maximum Gasteiger partial charge on any atom is 0.225 e. The molecule has 1 amide bonds. The first-order valence-corrected chi connectivity index (χ1v) is 10.6. The molecule has 0 atom stereocenters. The molecule has 5 aliphatic rings. The number of halogens is 1. The van der Waals surface area contributed by atoms with Gasteiger partial charge in [0.05, 0.1) is 24.9 Å². The number of morpholine rings is 1. The highest BCUT2D eigenvalue weighted by atomic mass is 35.5. The van der Waals surface area contributed by atoms with E-state index in [1.807, 2.05) is 6.20 Å². The summed E-state index contributed by atoms with van der Waals surface area (Å²) in [4.78, 5) is 16.4. The largest absolute Gasteiger partial charge is 0.379 e. The molecule has 4 bridgehead atoms. The zero-order chi connectivity index (χ0) is 18.4. The number of ether oxygens (including phenoxy) is 1. The molecule has 5 fully saturated rings. The smallest absolute Gasteiger partial charge is 0.225 e. The minimum Gasteiger partial charge on any atom is -0.379 e. The van der Waals surface area contributed by atoms with Crippen molar-refractivity contribution in [2.75, 3.05) is 44.3 Å². The van der Waals surface area contributed by atoms with E-state index in [4.69, 9.17) is 4.74 Å². The maximum atomic E-state index is 12.3. The van der Waals surface area contributed by atoms with Crippen molar-refractivity contribution in [1.29, 1.82) is 0 Å². The molecule has 8 heteroatoms. The Labute approximate surface area is 173 Å². The molecule has 1 aromatic heterocycles.